The number of aromatic hydroxyl groups is 1. The largest absolute Gasteiger partial charge is 0.507 e. The molecule has 24 heavy (non-hydrogen) atoms. The lowest BCUT2D eigenvalue weighted by atomic mass is 10.2. The Hall–Kier alpha value is -2.09. The number of phenolic OH excluding ortho intramolecular Hbond substituents is 1. The summed E-state index contributed by atoms with van der Waals surface area (Å²) in [4.78, 5) is 14.3. The molecule has 0 atom stereocenters. The first-order chi connectivity index (χ1) is 11.6. The molecule has 3 rings (SSSR count). The van der Waals surface area contributed by atoms with Crippen LogP contribution in [0.2, 0.25) is 0 Å². The molecular weight excluding hydrogens is 417 g/mol. The van der Waals surface area contributed by atoms with Crippen LogP contribution < -0.4 is 10.3 Å². The lowest BCUT2D eigenvalue weighted by Crippen LogP contribution is -2.18. The van der Waals surface area contributed by atoms with Crippen molar-refractivity contribution < 1.29 is 9.90 Å². The fourth-order valence-corrected chi connectivity index (χ4v) is 2.97. The first-order valence-electron chi connectivity index (χ1n) is 7.80. The number of rotatable bonds is 4. The van der Waals surface area contributed by atoms with Gasteiger partial charge >= 0.3 is 0 Å². The molecule has 1 saturated heterocycles. The van der Waals surface area contributed by atoms with Gasteiger partial charge < -0.3 is 10.0 Å². The number of carbonyl (C=O) groups excluding carboxylic acids is 1. The van der Waals surface area contributed by atoms with Crippen LogP contribution in [0.25, 0.3) is 0 Å². The predicted octanol–water partition coefficient (Wildman–Crippen LogP) is 3.36. The number of benzene rings is 2. The Bertz CT molecular complexity index is 753. The van der Waals surface area contributed by atoms with Gasteiger partial charge in [-0.2, -0.15) is 5.10 Å². The van der Waals surface area contributed by atoms with E-state index in [1.165, 1.54) is 24.6 Å². The number of anilines is 1. The van der Waals surface area contributed by atoms with Crippen molar-refractivity contribution in [3.8, 4) is 5.75 Å². The standard InChI is InChI=1S/C18H18IN3O2/c19-16-8-5-14(11-17(16)23)18(24)21-20-12-13-3-6-15(7-4-13)22-9-1-2-10-22/h3-8,11-12,23H,1-2,9-10H2,(H,21,24). The van der Waals surface area contributed by atoms with Gasteiger partial charge in [0.25, 0.3) is 5.91 Å². The maximum atomic E-state index is 12.0. The molecule has 2 aromatic rings. The third-order valence-corrected chi connectivity index (χ3v) is 4.86. The summed E-state index contributed by atoms with van der Waals surface area (Å²) < 4.78 is 0.700. The minimum atomic E-state index is -0.355. The van der Waals surface area contributed by atoms with Crippen molar-refractivity contribution in [1.82, 2.24) is 5.43 Å². The molecule has 1 aliphatic heterocycles. The summed E-state index contributed by atoms with van der Waals surface area (Å²) in [5.74, 6) is -0.267. The van der Waals surface area contributed by atoms with Crippen molar-refractivity contribution in [2.45, 2.75) is 12.8 Å². The van der Waals surface area contributed by atoms with Gasteiger partial charge in [0.1, 0.15) is 5.75 Å². The lowest BCUT2D eigenvalue weighted by Gasteiger charge is -2.17. The Morgan fingerprint density at radius 1 is 1.17 bits per heavy atom. The van der Waals surface area contributed by atoms with Crippen molar-refractivity contribution >= 4 is 40.4 Å². The normalized spacial score (nSPS) is 14.3. The van der Waals surface area contributed by atoms with E-state index in [0.29, 0.717) is 9.13 Å². The summed E-state index contributed by atoms with van der Waals surface area (Å²) >= 11 is 2.00. The molecule has 6 heteroatoms. The predicted molar refractivity (Wildman–Crippen MR) is 104 cm³/mol. The van der Waals surface area contributed by atoms with Gasteiger partial charge in [-0.3, -0.25) is 4.79 Å². The van der Waals surface area contributed by atoms with Crippen LogP contribution in [0.3, 0.4) is 0 Å². The van der Waals surface area contributed by atoms with Crippen LogP contribution in [0.5, 0.6) is 5.75 Å². The number of amides is 1. The van der Waals surface area contributed by atoms with Gasteiger partial charge in [0, 0.05) is 24.3 Å². The second-order valence-corrected chi connectivity index (χ2v) is 6.81. The lowest BCUT2D eigenvalue weighted by molar-refractivity contribution is 0.0954. The zero-order chi connectivity index (χ0) is 16.9. The Morgan fingerprint density at radius 3 is 2.54 bits per heavy atom. The fraction of sp³-hybridized carbons (Fsp3) is 0.222. The van der Waals surface area contributed by atoms with E-state index in [1.54, 1.807) is 18.3 Å². The average Bonchev–Trinajstić information content (AvgIpc) is 3.12. The Labute approximate surface area is 154 Å². The van der Waals surface area contributed by atoms with E-state index in [1.807, 2.05) is 34.7 Å². The first-order valence-corrected chi connectivity index (χ1v) is 8.88. The summed E-state index contributed by atoms with van der Waals surface area (Å²) in [6, 6.07) is 12.9. The number of carbonyl (C=O) groups is 1. The van der Waals surface area contributed by atoms with Gasteiger partial charge in [0.15, 0.2) is 0 Å². The highest BCUT2D eigenvalue weighted by atomic mass is 127. The van der Waals surface area contributed by atoms with Gasteiger partial charge in [-0.1, -0.05) is 12.1 Å². The fourth-order valence-electron chi connectivity index (χ4n) is 2.63. The number of nitrogens with zero attached hydrogens (tertiary/aromatic N) is 2. The van der Waals surface area contributed by atoms with E-state index in [4.69, 9.17) is 0 Å². The number of hydrogen-bond donors (Lipinski definition) is 2. The number of hydrazone groups is 1. The van der Waals surface area contributed by atoms with Crippen molar-refractivity contribution in [1.29, 1.82) is 0 Å². The summed E-state index contributed by atoms with van der Waals surface area (Å²) in [6.45, 7) is 2.23. The van der Waals surface area contributed by atoms with Crippen LogP contribution in [0.4, 0.5) is 5.69 Å². The van der Waals surface area contributed by atoms with Gasteiger partial charge in [0.05, 0.1) is 9.78 Å². The van der Waals surface area contributed by atoms with Gasteiger partial charge in [0.2, 0.25) is 0 Å². The molecular formula is C18H18IN3O2. The first kappa shape index (κ1) is 16.8. The van der Waals surface area contributed by atoms with Crippen molar-refractivity contribution in [3.63, 3.8) is 0 Å². The van der Waals surface area contributed by atoms with Crippen LogP contribution in [0, 0.1) is 3.57 Å². The van der Waals surface area contributed by atoms with E-state index in [2.05, 4.69) is 27.6 Å². The zero-order valence-corrected chi connectivity index (χ0v) is 15.2. The van der Waals surface area contributed by atoms with Crippen molar-refractivity contribution in [2.24, 2.45) is 5.10 Å². The Balaban J connectivity index is 1.59. The number of phenols is 1. The van der Waals surface area contributed by atoms with E-state index in [0.717, 1.165) is 18.7 Å². The minimum absolute atomic E-state index is 0.0877. The molecule has 2 aromatic carbocycles. The zero-order valence-electron chi connectivity index (χ0n) is 13.1. The van der Waals surface area contributed by atoms with Crippen molar-refractivity contribution in [2.75, 3.05) is 18.0 Å². The second kappa shape index (κ2) is 7.65. The number of halogens is 1. The van der Waals surface area contributed by atoms with E-state index in [-0.39, 0.29) is 11.7 Å². The maximum Gasteiger partial charge on any atom is 0.271 e. The molecule has 0 aromatic heterocycles. The summed E-state index contributed by atoms with van der Waals surface area (Å²) in [7, 11) is 0. The van der Waals surface area contributed by atoms with Crippen LogP contribution in [-0.4, -0.2) is 30.3 Å². The van der Waals surface area contributed by atoms with Gasteiger partial charge in [-0.05, 0) is 71.3 Å². The van der Waals surface area contributed by atoms with Gasteiger partial charge in [-0.15, -0.1) is 0 Å². The molecule has 1 fully saturated rings. The highest BCUT2D eigenvalue weighted by molar-refractivity contribution is 14.1. The maximum absolute atomic E-state index is 12.0. The van der Waals surface area contributed by atoms with E-state index < -0.39 is 0 Å². The molecule has 5 nitrogen and oxygen atoms in total. The summed E-state index contributed by atoms with van der Waals surface area (Å²) in [5, 5.41) is 13.6. The second-order valence-electron chi connectivity index (χ2n) is 5.65. The van der Waals surface area contributed by atoms with E-state index >= 15 is 0 Å². The average molecular weight is 435 g/mol. The SMILES string of the molecule is O=C(NN=Cc1ccc(N2CCCC2)cc1)c1ccc(I)c(O)c1. The number of nitrogens with one attached hydrogen (secondary N) is 1. The highest BCUT2D eigenvalue weighted by Gasteiger charge is 2.11. The number of hydrogen-bond acceptors (Lipinski definition) is 4. The van der Waals surface area contributed by atoms with Gasteiger partial charge in [-0.25, -0.2) is 5.43 Å². The molecule has 0 radical (unpaired) electrons. The molecule has 1 heterocycles. The monoisotopic (exact) mass is 435 g/mol. The van der Waals surface area contributed by atoms with Crippen LogP contribution in [0.15, 0.2) is 47.6 Å². The third-order valence-electron chi connectivity index (χ3n) is 3.95. The molecule has 1 amide bonds. The summed E-state index contributed by atoms with van der Waals surface area (Å²) in [6.07, 6.45) is 4.12. The smallest absolute Gasteiger partial charge is 0.271 e. The third kappa shape index (κ3) is 4.05. The van der Waals surface area contributed by atoms with Crippen LogP contribution in [0.1, 0.15) is 28.8 Å². The molecule has 124 valence electrons. The van der Waals surface area contributed by atoms with Crippen LogP contribution in [-0.2, 0) is 0 Å². The summed E-state index contributed by atoms with van der Waals surface area (Å²) in [5.41, 5.74) is 4.99. The Morgan fingerprint density at radius 2 is 1.88 bits per heavy atom. The highest BCUT2D eigenvalue weighted by Crippen LogP contribution is 2.21. The molecule has 0 bridgehead atoms. The quantitative estimate of drug-likeness (QED) is 0.440. The van der Waals surface area contributed by atoms with E-state index in [9.17, 15) is 9.90 Å². The molecule has 0 unspecified atom stereocenters. The topological polar surface area (TPSA) is 64.9 Å². The molecule has 0 aliphatic carbocycles. The Kier molecular flexibility index (Phi) is 5.34. The molecule has 0 saturated carbocycles. The molecule has 0 spiro atoms. The van der Waals surface area contributed by atoms with Crippen LogP contribution >= 0.6 is 22.6 Å². The van der Waals surface area contributed by atoms with Crippen molar-refractivity contribution in [3.05, 3.63) is 57.2 Å². The molecule has 1 aliphatic rings. The molecule has 2 N–H and O–H groups in total. The minimum Gasteiger partial charge on any atom is -0.507 e.